The third kappa shape index (κ3) is 4.15. The second kappa shape index (κ2) is 8.57. The van der Waals surface area contributed by atoms with Crippen molar-refractivity contribution in [3.05, 3.63) is 102 Å². The summed E-state index contributed by atoms with van der Waals surface area (Å²) in [6.45, 7) is 2.27. The first-order chi connectivity index (χ1) is 13.8. The van der Waals surface area contributed by atoms with Gasteiger partial charge in [-0.1, -0.05) is 66.7 Å². The zero-order valence-corrected chi connectivity index (χ0v) is 16.1. The summed E-state index contributed by atoms with van der Waals surface area (Å²) in [5, 5.41) is 0. The van der Waals surface area contributed by atoms with Crippen LogP contribution in [0.1, 0.15) is 16.7 Å². The van der Waals surface area contributed by atoms with Crippen LogP contribution in [0.4, 0.5) is 5.69 Å². The number of rotatable bonds is 5. The Labute approximate surface area is 166 Å². The molecule has 0 bridgehead atoms. The lowest BCUT2D eigenvalue weighted by Gasteiger charge is -2.18. The number of anilines is 1. The van der Waals surface area contributed by atoms with E-state index in [0.29, 0.717) is 6.61 Å². The Morgan fingerprint density at radius 3 is 2.54 bits per heavy atom. The molecule has 0 fully saturated rings. The van der Waals surface area contributed by atoms with Gasteiger partial charge in [-0.2, -0.15) is 0 Å². The highest BCUT2D eigenvalue weighted by molar-refractivity contribution is 6.14. The summed E-state index contributed by atoms with van der Waals surface area (Å²) in [5.74, 6) is 0.877. The molecule has 1 aliphatic rings. The van der Waals surface area contributed by atoms with Crippen molar-refractivity contribution >= 4 is 17.5 Å². The van der Waals surface area contributed by atoms with E-state index in [4.69, 9.17) is 9.73 Å². The molecule has 0 radical (unpaired) electrons. The minimum atomic E-state index is 0.556. The summed E-state index contributed by atoms with van der Waals surface area (Å²) in [5.41, 5.74) is 5.61. The largest absolute Gasteiger partial charge is 0.488 e. The van der Waals surface area contributed by atoms with E-state index in [0.717, 1.165) is 35.7 Å². The van der Waals surface area contributed by atoms with E-state index in [1.165, 1.54) is 11.3 Å². The number of fused-ring (bicyclic) bond motifs is 1. The number of nitrogens with zero attached hydrogens (tertiary/aromatic N) is 2. The van der Waals surface area contributed by atoms with Gasteiger partial charge in [0.25, 0.3) is 0 Å². The summed E-state index contributed by atoms with van der Waals surface area (Å²) in [4.78, 5) is 7.06. The smallest absolute Gasteiger partial charge is 0.127 e. The molecular weight excluding hydrogens is 344 g/mol. The number of allylic oxidation sites excluding steroid dienone is 1. The maximum atomic E-state index is 6.07. The van der Waals surface area contributed by atoms with Gasteiger partial charge >= 0.3 is 0 Å². The molecule has 4 rings (SSSR count). The molecular formula is C25H24N2O. The number of likely N-dealkylation sites (N-methyl/N-ethyl adjacent to an activating group) is 1. The maximum absolute atomic E-state index is 6.07. The van der Waals surface area contributed by atoms with E-state index in [1.54, 1.807) is 0 Å². The average Bonchev–Trinajstić information content (AvgIpc) is 2.91. The molecule has 1 heterocycles. The van der Waals surface area contributed by atoms with Crippen LogP contribution in [0.2, 0.25) is 0 Å². The van der Waals surface area contributed by atoms with Gasteiger partial charge < -0.3 is 9.64 Å². The molecule has 0 unspecified atom stereocenters. The molecule has 0 N–H and O–H groups in total. The van der Waals surface area contributed by atoms with Crippen LogP contribution in [-0.2, 0) is 6.61 Å². The SMILES string of the molecule is CN1CCN=C(C=Cc2ccccc2OCc2ccccc2)c2ccccc21. The van der Waals surface area contributed by atoms with Crippen LogP contribution in [0.5, 0.6) is 5.75 Å². The quantitative estimate of drug-likeness (QED) is 0.617. The van der Waals surface area contributed by atoms with E-state index >= 15 is 0 Å². The summed E-state index contributed by atoms with van der Waals surface area (Å²) in [6, 6.07) is 26.8. The monoisotopic (exact) mass is 368 g/mol. The van der Waals surface area contributed by atoms with E-state index in [9.17, 15) is 0 Å². The Morgan fingerprint density at radius 1 is 0.893 bits per heavy atom. The normalized spacial score (nSPS) is 13.8. The van der Waals surface area contributed by atoms with E-state index in [-0.39, 0.29) is 0 Å². The first kappa shape index (κ1) is 18.1. The number of aliphatic imine (C=N–C) groups is 1. The van der Waals surface area contributed by atoms with Gasteiger partial charge in [-0.3, -0.25) is 4.99 Å². The highest BCUT2D eigenvalue weighted by Crippen LogP contribution is 2.25. The van der Waals surface area contributed by atoms with Gasteiger partial charge in [0.1, 0.15) is 12.4 Å². The molecule has 0 aromatic heterocycles. The van der Waals surface area contributed by atoms with Crippen LogP contribution in [0.25, 0.3) is 6.08 Å². The molecule has 3 aromatic rings. The van der Waals surface area contributed by atoms with Crippen LogP contribution in [0.3, 0.4) is 0 Å². The number of ether oxygens (including phenoxy) is 1. The lowest BCUT2D eigenvalue weighted by Crippen LogP contribution is -2.20. The molecule has 28 heavy (non-hydrogen) atoms. The van der Waals surface area contributed by atoms with Crippen LogP contribution in [0, 0.1) is 0 Å². The van der Waals surface area contributed by atoms with Gasteiger partial charge in [-0.25, -0.2) is 0 Å². The molecule has 0 aliphatic carbocycles. The molecule has 0 spiro atoms. The van der Waals surface area contributed by atoms with Gasteiger partial charge in [0.2, 0.25) is 0 Å². The Hall–Kier alpha value is -3.33. The second-order valence-corrected chi connectivity index (χ2v) is 6.85. The maximum Gasteiger partial charge on any atom is 0.127 e. The fourth-order valence-electron chi connectivity index (χ4n) is 3.35. The van der Waals surface area contributed by atoms with E-state index in [1.807, 2.05) is 36.4 Å². The standard InChI is InChI=1S/C25H24N2O/c1-27-18-17-26-23(22-12-6-7-13-24(22)27)16-15-21-11-5-8-14-25(21)28-19-20-9-3-2-4-10-20/h2-16H,17-19H2,1H3. The fourth-order valence-corrected chi connectivity index (χ4v) is 3.35. The van der Waals surface area contributed by atoms with Crippen molar-refractivity contribution in [1.82, 2.24) is 0 Å². The lowest BCUT2D eigenvalue weighted by atomic mass is 10.1. The van der Waals surface area contributed by atoms with Crippen molar-refractivity contribution in [2.24, 2.45) is 4.99 Å². The topological polar surface area (TPSA) is 24.8 Å². The van der Waals surface area contributed by atoms with Crippen LogP contribution in [0.15, 0.2) is 89.9 Å². The van der Waals surface area contributed by atoms with E-state index in [2.05, 4.69) is 66.6 Å². The number of hydrogen-bond donors (Lipinski definition) is 0. The predicted octanol–water partition coefficient (Wildman–Crippen LogP) is 5.22. The van der Waals surface area contributed by atoms with E-state index < -0.39 is 0 Å². The molecule has 140 valence electrons. The zero-order chi connectivity index (χ0) is 19.2. The summed E-state index contributed by atoms with van der Waals surface area (Å²) < 4.78 is 6.07. The zero-order valence-electron chi connectivity index (χ0n) is 16.1. The Kier molecular flexibility index (Phi) is 5.53. The number of benzodiazepines with no additional fused rings is 1. The average molecular weight is 368 g/mol. The first-order valence-electron chi connectivity index (χ1n) is 9.60. The highest BCUT2D eigenvalue weighted by Gasteiger charge is 2.13. The Balaban J connectivity index is 1.57. The van der Waals surface area contributed by atoms with Gasteiger partial charge in [0.15, 0.2) is 0 Å². The fraction of sp³-hybridized carbons (Fsp3) is 0.160. The number of benzene rings is 3. The van der Waals surface area contributed by atoms with Gasteiger partial charge in [0, 0.05) is 30.4 Å². The molecule has 0 amide bonds. The van der Waals surface area contributed by atoms with Crippen molar-refractivity contribution < 1.29 is 4.74 Å². The second-order valence-electron chi connectivity index (χ2n) is 6.85. The summed E-state index contributed by atoms with van der Waals surface area (Å²) in [7, 11) is 2.12. The third-order valence-corrected chi connectivity index (χ3v) is 4.89. The number of para-hydroxylation sites is 2. The van der Waals surface area contributed by atoms with Crippen LogP contribution in [-0.4, -0.2) is 25.8 Å². The number of hydrogen-bond acceptors (Lipinski definition) is 3. The molecule has 0 saturated heterocycles. The highest BCUT2D eigenvalue weighted by atomic mass is 16.5. The van der Waals surface area contributed by atoms with Crippen molar-refractivity contribution in [3.63, 3.8) is 0 Å². The Morgan fingerprint density at radius 2 is 1.64 bits per heavy atom. The predicted molar refractivity (Wildman–Crippen MR) is 117 cm³/mol. The summed E-state index contributed by atoms with van der Waals surface area (Å²) in [6.07, 6.45) is 4.20. The molecule has 3 heteroatoms. The molecule has 3 aromatic carbocycles. The van der Waals surface area contributed by atoms with Crippen LogP contribution < -0.4 is 9.64 Å². The van der Waals surface area contributed by atoms with Crippen molar-refractivity contribution in [1.29, 1.82) is 0 Å². The lowest BCUT2D eigenvalue weighted by molar-refractivity contribution is 0.305. The van der Waals surface area contributed by atoms with Crippen molar-refractivity contribution in [2.45, 2.75) is 6.61 Å². The molecule has 0 saturated carbocycles. The molecule has 3 nitrogen and oxygen atoms in total. The Bertz CT molecular complexity index is 992. The molecule has 0 atom stereocenters. The van der Waals surface area contributed by atoms with Gasteiger partial charge in [-0.05, 0) is 29.8 Å². The van der Waals surface area contributed by atoms with Gasteiger partial charge in [0.05, 0.1) is 12.3 Å². The molecule has 1 aliphatic heterocycles. The minimum Gasteiger partial charge on any atom is -0.488 e. The third-order valence-electron chi connectivity index (χ3n) is 4.89. The van der Waals surface area contributed by atoms with Gasteiger partial charge in [-0.15, -0.1) is 0 Å². The van der Waals surface area contributed by atoms with Crippen LogP contribution >= 0.6 is 0 Å². The van der Waals surface area contributed by atoms with Crippen molar-refractivity contribution in [2.75, 3.05) is 25.0 Å². The van der Waals surface area contributed by atoms with Crippen molar-refractivity contribution in [3.8, 4) is 5.75 Å². The first-order valence-corrected chi connectivity index (χ1v) is 9.60. The summed E-state index contributed by atoms with van der Waals surface area (Å²) >= 11 is 0. The minimum absolute atomic E-state index is 0.556.